The molecule has 2 aliphatic heterocycles. The third kappa shape index (κ3) is 2.91. The molecule has 2 heterocycles. The van der Waals surface area contributed by atoms with E-state index in [1.807, 2.05) is 0 Å². The van der Waals surface area contributed by atoms with Gasteiger partial charge in [-0.3, -0.25) is 0 Å². The first-order chi connectivity index (χ1) is 8.70. The number of carbonyl (C=O) groups is 2. The summed E-state index contributed by atoms with van der Waals surface area (Å²) in [5.74, 6) is 0. The Balaban J connectivity index is 1.90. The third-order valence-electron chi connectivity index (χ3n) is 3.14. The van der Waals surface area contributed by atoms with E-state index >= 15 is 0 Å². The number of imide groups is 1. The molecule has 7 nitrogen and oxygen atoms in total. The van der Waals surface area contributed by atoms with E-state index in [0.29, 0.717) is 52.6 Å². The van der Waals surface area contributed by atoms with Crippen molar-refractivity contribution in [3.05, 3.63) is 0 Å². The van der Waals surface area contributed by atoms with Gasteiger partial charge in [-0.2, -0.15) is 0 Å². The van der Waals surface area contributed by atoms with Crippen molar-refractivity contribution in [1.29, 1.82) is 0 Å². The first-order valence-corrected chi connectivity index (χ1v) is 6.17. The summed E-state index contributed by atoms with van der Waals surface area (Å²) in [7, 11) is 1.52. The van der Waals surface area contributed by atoms with Crippen LogP contribution in [0.15, 0.2) is 0 Å². The van der Waals surface area contributed by atoms with Gasteiger partial charge in [0.1, 0.15) is 0 Å². The minimum Gasteiger partial charge on any atom is -0.378 e. The first-order valence-electron chi connectivity index (χ1n) is 6.17. The lowest BCUT2D eigenvalue weighted by Gasteiger charge is -2.34. The minimum atomic E-state index is -0.255. The molecule has 102 valence electrons. The number of urea groups is 2. The van der Waals surface area contributed by atoms with E-state index in [1.165, 1.54) is 11.9 Å². The van der Waals surface area contributed by atoms with Crippen molar-refractivity contribution in [1.82, 2.24) is 14.7 Å². The summed E-state index contributed by atoms with van der Waals surface area (Å²) in [5, 5.41) is 0. The van der Waals surface area contributed by atoms with Gasteiger partial charge in [0.2, 0.25) is 0 Å². The Morgan fingerprint density at radius 2 is 1.17 bits per heavy atom. The van der Waals surface area contributed by atoms with Crippen LogP contribution in [0.5, 0.6) is 0 Å². The number of morpholine rings is 2. The van der Waals surface area contributed by atoms with Gasteiger partial charge in [-0.05, 0) is 0 Å². The standard InChI is InChI=1S/C11H19N3O4/c1-12(10(15)13-2-6-17-7-3-13)11(16)14-4-8-18-9-5-14/h2-9H2,1H3. The van der Waals surface area contributed by atoms with E-state index in [4.69, 9.17) is 9.47 Å². The molecule has 0 radical (unpaired) electrons. The summed E-state index contributed by atoms with van der Waals surface area (Å²) >= 11 is 0. The molecule has 2 aliphatic rings. The Bertz CT molecular complexity index is 281. The van der Waals surface area contributed by atoms with Crippen LogP contribution < -0.4 is 0 Å². The molecule has 0 N–H and O–H groups in total. The molecule has 0 aromatic rings. The fourth-order valence-corrected chi connectivity index (χ4v) is 2.02. The van der Waals surface area contributed by atoms with Gasteiger partial charge in [0.05, 0.1) is 26.4 Å². The fraction of sp³-hybridized carbons (Fsp3) is 0.818. The fourth-order valence-electron chi connectivity index (χ4n) is 2.02. The van der Waals surface area contributed by atoms with E-state index in [0.717, 1.165) is 0 Å². The molecule has 4 amide bonds. The Kier molecular flexibility index (Phi) is 4.38. The highest BCUT2D eigenvalue weighted by Gasteiger charge is 2.28. The van der Waals surface area contributed by atoms with Gasteiger partial charge in [-0.1, -0.05) is 0 Å². The van der Waals surface area contributed by atoms with Crippen molar-refractivity contribution in [2.75, 3.05) is 59.7 Å². The lowest BCUT2D eigenvalue weighted by atomic mass is 10.4. The van der Waals surface area contributed by atoms with Gasteiger partial charge in [0.25, 0.3) is 0 Å². The van der Waals surface area contributed by atoms with Crippen molar-refractivity contribution >= 4 is 12.1 Å². The Labute approximate surface area is 106 Å². The maximum atomic E-state index is 12.1. The Morgan fingerprint density at radius 3 is 1.50 bits per heavy atom. The molecule has 2 fully saturated rings. The maximum absolute atomic E-state index is 12.1. The van der Waals surface area contributed by atoms with E-state index in [-0.39, 0.29) is 12.1 Å². The smallest absolute Gasteiger partial charge is 0.328 e. The zero-order valence-corrected chi connectivity index (χ0v) is 10.6. The van der Waals surface area contributed by atoms with E-state index in [1.54, 1.807) is 9.80 Å². The maximum Gasteiger partial charge on any atom is 0.328 e. The molecule has 0 saturated carbocycles. The average Bonchev–Trinajstić information content (AvgIpc) is 2.47. The highest BCUT2D eigenvalue weighted by molar-refractivity contribution is 5.93. The Morgan fingerprint density at radius 1 is 0.833 bits per heavy atom. The first kappa shape index (κ1) is 13.1. The highest BCUT2D eigenvalue weighted by atomic mass is 16.5. The zero-order valence-electron chi connectivity index (χ0n) is 10.6. The van der Waals surface area contributed by atoms with Crippen molar-refractivity contribution in [3.63, 3.8) is 0 Å². The zero-order chi connectivity index (χ0) is 13.0. The number of hydrogen-bond donors (Lipinski definition) is 0. The lowest BCUT2D eigenvalue weighted by molar-refractivity contribution is 0.0357. The molecule has 2 rings (SSSR count). The van der Waals surface area contributed by atoms with Gasteiger partial charge in [-0.25, -0.2) is 14.5 Å². The number of hydrogen-bond acceptors (Lipinski definition) is 4. The van der Waals surface area contributed by atoms with Crippen LogP contribution in [0.25, 0.3) is 0 Å². The molecule has 0 aromatic carbocycles. The molecule has 18 heavy (non-hydrogen) atoms. The Hall–Kier alpha value is -1.34. The minimum absolute atomic E-state index is 0.255. The second-order valence-electron chi connectivity index (χ2n) is 4.32. The van der Waals surface area contributed by atoms with Gasteiger partial charge in [0.15, 0.2) is 0 Å². The number of nitrogens with zero attached hydrogens (tertiary/aromatic N) is 3. The normalized spacial score (nSPS) is 20.7. The predicted octanol–water partition coefficient (Wildman–Crippen LogP) is -0.177. The molecule has 0 spiro atoms. The molecule has 2 saturated heterocycles. The average molecular weight is 257 g/mol. The van der Waals surface area contributed by atoms with Crippen LogP contribution in [0.4, 0.5) is 9.59 Å². The van der Waals surface area contributed by atoms with Crippen LogP contribution in [0.2, 0.25) is 0 Å². The topological polar surface area (TPSA) is 62.3 Å². The van der Waals surface area contributed by atoms with Crippen LogP contribution in [0.1, 0.15) is 0 Å². The second-order valence-corrected chi connectivity index (χ2v) is 4.32. The van der Waals surface area contributed by atoms with Crippen LogP contribution >= 0.6 is 0 Å². The van der Waals surface area contributed by atoms with Crippen molar-refractivity contribution in [2.45, 2.75) is 0 Å². The van der Waals surface area contributed by atoms with Gasteiger partial charge >= 0.3 is 12.1 Å². The van der Waals surface area contributed by atoms with E-state index < -0.39 is 0 Å². The summed E-state index contributed by atoms with van der Waals surface area (Å²) in [6.07, 6.45) is 0. The van der Waals surface area contributed by atoms with E-state index in [9.17, 15) is 9.59 Å². The molecule has 7 heteroatoms. The number of rotatable bonds is 0. The predicted molar refractivity (Wildman–Crippen MR) is 63.3 cm³/mol. The van der Waals surface area contributed by atoms with Crippen molar-refractivity contribution in [3.8, 4) is 0 Å². The monoisotopic (exact) mass is 257 g/mol. The van der Waals surface area contributed by atoms with Crippen molar-refractivity contribution < 1.29 is 19.1 Å². The molecule has 0 aromatic heterocycles. The summed E-state index contributed by atoms with van der Waals surface area (Å²) in [6, 6.07) is -0.510. The van der Waals surface area contributed by atoms with Gasteiger partial charge < -0.3 is 19.3 Å². The molecule has 0 bridgehead atoms. The molecule has 0 aliphatic carbocycles. The molecular weight excluding hydrogens is 238 g/mol. The second kappa shape index (κ2) is 6.01. The number of carbonyl (C=O) groups excluding carboxylic acids is 2. The van der Waals surface area contributed by atoms with Crippen LogP contribution in [0.3, 0.4) is 0 Å². The third-order valence-corrected chi connectivity index (χ3v) is 3.14. The lowest BCUT2D eigenvalue weighted by Crippen LogP contribution is -2.54. The summed E-state index contributed by atoms with van der Waals surface area (Å²) in [5.41, 5.74) is 0. The van der Waals surface area contributed by atoms with Crippen LogP contribution in [-0.2, 0) is 9.47 Å². The van der Waals surface area contributed by atoms with Gasteiger partial charge in [-0.15, -0.1) is 0 Å². The SMILES string of the molecule is CN(C(=O)N1CCOCC1)C(=O)N1CCOCC1. The quantitative estimate of drug-likeness (QED) is 0.604. The van der Waals surface area contributed by atoms with Crippen LogP contribution in [0, 0.1) is 0 Å². The summed E-state index contributed by atoms with van der Waals surface area (Å²) in [6.45, 7) is 4.30. The largest absolute Gasteiger partial charge is 0.378 e. The van der Waals surface area contributed by atoms with Crippen LogP contribution in [-0.4, -0.2) is 86.4 Å². The summed E-state index contributed by atoms with van der Waals surface area (Å²) < 4.78 is 10.4. The van der Waals surface area contributed by atoms with Crippen molar-refractivity contribution in [2.24, 2.45) is 0 Å². The van der Waals surface area contributed by atoms with E-state index in [2.05, 4.69) is 0 Å². The molecule has 0 atom stereocenters. The summed E-state index contributed by atoms with van der Waals surface area (Å²) in [4.78, 5) is 28.7. The van der Waals surface area contributed by atoms with Gasteiger partial charge in [0, 0.05) is 33.2 Å². The number of ether oxygens (including phenoxy) is 2. The molecular formula is C11H19N3O4. The highest BCUT2D eigenvalue weighted by Crippen LogP contribution is 2.06. The molecule has 0 unspecified atom stereocenters. The number of amides is 4.